The highest BCUT2D eigenvalue weighted by molar-refractivity contribution is 5.47. The molecule has 0 atom stereocenters. The predicted molar refractivity (Wildman–Crippen MR) is 67.4 cm³/mol. The van der Waals surface area contributed by atoms with Gasteiger partial charge in [0.25, 0.3) is 0 Å². The molecule has 0 spiro atoms. The summed E-state index contributed by atoms with van der Waals surface area (Å²) in [6, 6.07) is 8.83. The van der Waals surface area contributed by atoms with Gasteiger partial charge in [-0.25, -0.2) is 0 Å². The summed E-state index contributed by atoms with van der Waals surface area (Å²) in [6.45, 7) is 10.6. The molecule has 1 rings (SSSR count). The third-order valence-electron chi connectivity index (χ3n) is 2.64. The molecule has 15 heavy (non-hydrogen) atoms. The summed E-state index contributed by atoms with van der Waals surface area (Å²) in [5, 5.41) is 3.33. The number of nitrogens with zero attached hydrogens (tertiary/aromatic N) is 1. The minimum absolute atomic E-state index is 0.967. The standard InChI is InChI=1S/C13H22N2/c1-4-14-11-12-7-9-13(10-8-12)15(5-2)6-3/h7-10,14H,4-6,11H2,1-3H3. The van der Waals surface area contributed by atoms with Crippen LogP contribution in [-0.2, 0) is 6.54 Å². The number of hydrogen-bond donors (Lipinski definition) is 1. The maximum absolute atomic E-state index is 3.33. The Bertz CT molecular complexity index is 262. The van der Waals surface area contributed by atoms with Gasteiger partial charge in [0, 0.05) is 25.3 Å². The van der Waals surface area contributed by atoms with E-state index in [4.69, 9.17) is 0 Å². The SMILES string of the molecule is CCNCc1ccc(N(CC)CC)cc1. The third kappa shape index (κ3) is 3.56. The first kappa shape index (κ1) is 12.1. The van der Waals surface area contributed by atoms with Crippen molar-refractivity contribution >= 4 is 5.69 Å². The molecule has 0 unspecified atom stereocenters. The van der Waals surface area contributed by atoms with Crippen LogP contribution in [0, 0.1) is 0 Å². The number of hydrogen-bond acceptors (Lipinski definition) is 2. The van der Waals surface area contributed by atoms with Gasteiger partial charge >= 0.3 is 0 Å². The molecular weight excluding hydrogens is 184 g/mol. The zero-order chi connectivity index (χ0) is 11.1. The van der Waals surface area contributed by atoms with Crippen molar-refractivity contribution in [3.05, 3.63) is 29.8 Å². The largest absolute Gasteiger partial charge is 0.372 e. The molecule has 0 heterocycles. The Kier molecular flexibility index (Phi) is 5.19. The van der Waals surface area contributed by atoms with Crippen molar-refractivity contribution in [1.82, 2.24) is 5.32 Å². The van der Waals surface area contributed by atoms with E-state index in [1.165, 1.54) is 11.3 Å². The maximum atomic E-state index is 3.33. The van der Waals surface area contributed by atoms with Gasteiger partial charge in [0.2, 0.25) is 0 Å². The first-order valence-corrected chi connectivity index (χ1v) is 5.86. The first-order valence-electron chi connectivity index (χ1n) is 5.86. The van der Waals surface area contributed by atoms with E-state index in [9.17, 15) is 0 Å². The van der Waals surface area contributed by atoms with Crippen LogP contribution < -0.4 is 10.2 Å². The van der Waals surface area contributed by atoms with E-state index in [0.29, 0.717) is 0 Å². The molecule has 84 valence electrons. The molecule has 0 saturated heterocycles. The zero-order valence-corrected chi connectivity index (χ0v) is 10.1. The Morgan fingerprint density at radius 1 is 1.00 bits per heavy atom. The van der Waals surface area contributed by atoms with Crippen LogP contribution in [0.1, 0.15) is 26.3 Å². The average Bonchev–Trinajstić information content (AvgIpc) is 2.29. The molecule has 0 amide bonds. The summed E-state index contributed by atoms with van der Waals surface area (Å²) in [5.41, 5.74) is 2.67. The highest BCUT2D eigenvalue weighted by Crippen LogP contribution is 2.14. The molecule has 1 N–H and O–H groups in total. The average molecular weight is 206 g/mol. The Morgan fingerprint density at radius 3 is 2.07 bits per heavy atom. The van der Waals surface area contributed by atoms with Gasteiger partial charge in [-0.3, -0.25) is 0 Å². The minimum Gasteiger partial charge on any atom is -0.372 e. The first-order chi connectivity index (χ1) is 7.31. The van der Waals surface area contributed by atoms with Crippen molar-refractivity contribution in [1.29, 1.82) is 0 Å². The molecule has 0 fully saturated rings. The second kappa shape index (κ2) is 6.46. The predicted octanol–water partition coefficient (Wildman–Crippen LogP) is 2.64. The summed E-state index contributed by atoms with van der Waals surface area (Å²) in [6.07, 6.45) is 0. The van der Waals surface area contributed by atoms with Crippen LogP contribution in [0.15, 0.2) is 24.3 Å². The van der Waals surface area contributed by atoms with Gasteiger partial charge < -0.3 is 10.2 Å². The fraction of sp³-hybridized carbons (Fsp3) is 0.538. The van der Waals surface area contributed by atoms with Crippen molar-refractivity contribution in [2.75, 3.05) is 24.5 Å². The van der Waals surface area contributed by atoms with E-state index in [0.717, 1.165) is 26.2 Å². The van der Waals surface area contributed by atoms with E-state index in [1.807, 2.05) is 0 Å². The lowest BCUT2D eigenvalue weighted by molar-refractivity contribution is 0.726. The molecule has 0 aliphatic heterocycles. The van der Waals surface area contributed by atoms with Crippen LogP contribution in [0.5, 0.6) is 0 Å². The molecular formula is C13H22N2. The number of rotatable bonds is 6. The highest BCUT2D eigenvalue weighted by atomic mass is 15.1. The fourth-order valence-electron chi connectivity index (χ4n) is 1.68. The van der Waals surface area contributed by atoms with Crippen molar-refractivity contribution in [2.24, 2.45) is 0 Å². The summed E-state index contributed by atoms with van der Waals surface area (Å²) in [7, 11) is 0. The Morgan fingerprint density at radius 2 is 1.60 bits per heavy atom. The van der Waals surface area contributed by atoms with Gasteiger partial charge in [-0.1, -0.05) is 19.1 Å². The lowest BCUT2D eigenvalue weighted by Crippen LogP contribution is -2.21. The molecule has 0 aromatic heterocycles. The molecule has 2 nitrogen and oxygen atoms in total. The Labute approximate surface area is 93.3 Å². The molecule has 0 aliphatic carbocycles. The summed E-state index contributed by atoms with van der Waals surface area (Å²) in [4.78, 5) is 2.36. The van der Waals surface area contributed by atoms with Gasteiger partial charge in [-0.15, -0.1) is 0 Å². The van der Waals surface area contributed by atoms with E-state index in [1.54, 1.807) is 0 Å². The normalized spacial score (nSPS) is 10.3. The molecule has 1 aromatic carbocycles. The van der Waals surface area contributed by atoms with Crippen LogP contribution in [-0.4, -0.2) is 19.6 Å². The quantitative estimate of drug-likeness (QED) is 0.769. The van der Waals surface area contributed by atoms with E-state index in [2.05, 4.69) is 55.3 Å². The van der Waals surface area contributed by atoms with Gasteiger partial charge in [0.1, 0.15) is 0 Å². The maximum Gasteiger partial charge on any atom is 0.0366 e. The number of nitrogens with one attached hydrogen (secondary N) is 1. The van der Waals surface area contributed by atoms with Crippen LogP contribution in [0.25, 0.3) is 0 Å². The molecule has 0 saturated carbocycles. The van der Waals surface area contributed by atoms with E-state index >= 15 is 0 Å². The van der Waals surface area contributed by atoms with Crippen molar-refractivity contribution in [3.63, 3.8) is 0 Å². The highest BCUT2D eigenvalue weighted by Gasteiger charge is 2.00. The topological polar surface area (TPSA) is 15.3 Å². The van der Waals surface area contributed by atoms with Gasteiger partial charge in [-0.05, 0) is 38.1 Å². The van der Waals surface area contributed by atoms with Crippen LogP contribution in [0.2, 0.25) is 0 Å². The Hall–Kier alpha value is -1.02. The monoisotopic (exact) mass is 206 g/mol. The van der Waals surface area contributed by atoms with Gasteiger partial charge in [0.05, 0.1) is 0 Å². The van der Waals surface area contributed by atoms with Crippen molar-refractivity contribution in [3.8, 4) is 0 Å². The minimum atomic E-state index is 0.967. The lowest BCUT2D eigenvalue weighted by atomic mass is 10.2. The summed E-state index contributed by atoms with van der Waals surface area (Å²) in [5.74, 6) is 0. The van der Waals surface area contributed by atoms with Crippen molar-refractivity contribution < 1.29 is 0 Å². The second-order valence-corrected chi connectivity index (χ2v) is 3.62. The lowest BCUT2D eigenvalue weighted by Gasteiger charge is -2.21. The van der Waals surface area contributed by atoms with Crippen LogP contribution in [0.4, 0.5) is 5.69 Å². The van der Waals surface area contributed by atoms with Gasteiger partial charge in [0.15, 0.2) is 0 Å². The second-order valence-electron chi connectivity index (χ2n) is 3.62. The van der Waals surface area contributed by atoms with Crippen molar-refractivity contribution in [2.45, 2.75) is 27.3 Å². The molecule has 0 radical (unpaired) electrons. The number of anilines is 1. The van der Waals surface area contributed by atoms with Crippen LogP contribution >= 0.6 is 0 Å². The fourth-order valence-corrected chi connectivity index (χ4v) is 1.68. The molecule has 1 aromatic rings. The summed E-state index contributed by atoms with van der Waals surface area (Å²) < 4.78 is 0. The molecule has 0 aliphatic rings. The summed E-state index contributed by atoms with van der Waals surface area (Å²) >= 11 is 0. The Balaban J connectivity index is 2.62. The third-order valence-corrected chi connectivity index (χ3v) is 2.64. The van der Waals surface area contributed by atoms with E-state index < -0.39 is 0 Å². The molecule has 2 heteroatoms. The smallest absolute Gasteiger partial charge is 0.0366 e. The van der Waals surface area contributed by atoms with Crippen LogP contribution in [0.3, 0.4) is 0 Å². The van der Waals surface area contributed by atoms with Gasteiger partial charge in [-0.2, -0.15) is 0 Å². The zero-order valence-electron chi connectivity index (χ0n) is 10.1. The molecule has 0 bridgehead atoms. The number of benzene rings is 1. The van der Waals surface area contributed by atoms with E-state index in [-0.39, 0.29) is 0 Å².